The molecule has 5 heavy (non-hydrogen) atoms. The summed E-state index contributed by atoms with van der Waals surface area (Å²) in [5.74, 6) is 0. The Morgan fingerprint density at radius 2 is 1.60 bits per heavy atom. The van der Waals surface area contributed by atoms with Gasteiger partial charge in [0.15, 0.2) is 0 Å². The Bertz CT molecular complexity index is 53.0. The molecule has 0 radical (unpaired) electrons. The smallest absolute Gasteiger partial charge is 0.0914 e. The second kappa shape index (κ2) is 1.32. The summed E-state index contributed by atoms with van der Waals surface area (Å²) in [6.07, 6.45) is 0. The van der Waals surface area contributed by atoms with E-state index in [1.165, 1.54) is 0 Å². The number of hydrogen-bond donors (Lipinski definition) is 1. The molecule has 0 aliphatic carbocycles. The van der Waals surface area contributed by atoms with E-state index in [-0.39, 0.29) is 0 Å². The predicted octanol–water partition coefficient (Wildman–Crippen LogP) is -2.08. The molecule has 1 N–H and O–H groups in total. The van der Waals surface area contributed by atoms with Crippen molar-refractivity contribution in [3.63, 3.8) is 0 Å². The van der Waals surface area contributed by atoms with Crippen LogP contribution in [0.4, 0.5) is 0 Å². The maximum atomic E-state index is 9.03. The Hall–Kier alpha value is 0.530. The van der Waals surface area contributed by atoms with Gasteiger partial charge in [-0.25, -0.2) is 0 Å². The molecule has 0 aliphatic heterocycles. The van der Waals surface area contributed by atoms with Crippen molar-refractivity contribution in [3.05, 3.63) is 0 Å². The van der Waals surface area contributed by atoms with Gasteiger partial charge in [0.05, 0.1) is 0 Å². The van der Waals surface area contributed by atoms with Gasteiger partial charge in [-0.2, -0.15) is 0 Å². The van der Waals surface area contributed by atoms with Gasteiger partial charge in [0.2, 0.25) is 0 Å². The maximum Gasteiger partial charge on any atom is -0.0914 e. The number of hydrogen-bond acceptors (Lipinski definition) is 3. The summed E-state index contributed by atoms with van der Waals surface area (Å²) in [5.41, 5.74) is 0. The highest BCUT2D eigenvalue weighted by atomic mass is 32.5. The Kier molecular flexibility index (Phi) is 1.46. The van der Waals surface area contributed by atoms with E-state index in [1.807, 2.05) is 0 Å². The van der Waals surface area contributed by atoms with Crippen molar-refractivity contribution in [3.8, 4) is 0 Å². The predicted molar refractivity (Wildman–Crippen MR) is 16.5 cm³/mol. The van der Waals surface area contributed by atoms with Crippen molar-refractivity contribution in [2.24, 2.45) is 0 Å². The van der Waals surface area contributed by atoms with Crippen LogP contribution in [0.2, 0.25) is 0 Å². The first-order valence-corrected chi connectivity index (χ1v) is 3.34. The van der Waals surface area contributed by atoms with Crippen LogP contribution in [0.5, 0.6) is 0 Å². The lowest BCUT2D eigenvalue weighted by atomic mass is 15.8. The van der Waals surface area contributed by atoms with E-state index in [2.05, 4.69) is 11.8 Å². The molecule has 0 aromatic carbocycles. The van der Waals surface area contributed by atoms with Crippen molar-refractivity contribution in [2.75, 3.05) is 0 Å². The highest BCUT2D eigenvalue weighted by Crippen LogP contribution is 2.12. The number of rotatable bonds is 0. The molecule has 0 heterocycles. The molecule has 0 unspecified atom stereocenters. The van der Waals surface area contributed by atoms with Crippen LogP contribution in [0.25, 0.3) is 0 Å². The molecular weight excluding hydrogens is 111 g/mol. The first-order chi connectivity index (χ1) is 2.00. The van der Waals surface area contributed by atoms with Gasteiger partial charge in [-0.3, -0.25) is 0 Å². The largest absolute Gasteiger partial charge is 0.812 e. The van der Waals surface area contributed by atoms with E-state index < -0.39 is 6.72 Å². The molecule has 0 aromatic heterocycles. The summed E-state index contributed by atoms with van der Waals surface area (Å²) in [6.45, 7) is -4.31. The molecule has 3 nitrogen and oxygen atoms in total. The highest BCUT2D eigenvalue weighted by molar-refractivity contribution is 8.04. The van der Waals surface area contributed by atoms with E-state index in [1.54, 1.807) is 0 Å². The van der Waals surface area contributed by atoms with Crippen molar-refractivity contribution in [1.82, 2.24) is 0 Å². The topological polar surface area (TPSA) is 66.3 Å². The average molecular weight is 112 g/mol. The van der Waals surface area contributed by atoms with Crippen LogP contribution in [0.15, 0.2) is 0 Å². The zero-order valence-electron chi connectivity index (χ0n) is 2.12. The Balaban J connectivity index is 3.47. The van der Waals surface area contributed by atoms with E-state index in [0.29, 0.717) is 0 Å². The van der Waals surface area contributed by atoms with Gasteiger partial charge in [-0.05, 0) is 0 Å². The third kappa shape index (κ3) is 103. The van der Waals surface area contributed by atoms with Crippen molar-refractivity contribution < 1.29 is 14.7 Å². The second-order valence-electron chi connectivity index (χ2n) is 0.469. The van der Waals surface area contributed by atoms with Crippen LogP contribution in [-0.4, -0.2) is 4.89 Å². The van der Waals surface area contributed by atoms with E-state index in [4.69, 9.17) is 14.7 Å². The normalized spacial score (nSPS) is 11.8. The van der Waals surface area contributed by atoms with Gasteiger partial charge in [-0.1, -0.05) is 6.72 Å². The molecule has 0 bridgehead atoms. The quantitative estimate of drug-likeness (QED) is 0.365. The average Bonchev–Trinajstić information content (AvgIpc) is 0.722. The molecule has 0 amide bonds. The highest BCUT2D eigenvalue weighted by Gasteiger charge is 1.56. The molecule has 0 saturated carbocycles. The molecule has 0 rings (SSSR count). The molecule has 0 atom stereocenters. The van der Waals surface area contributed by atoms with Crippen LogP contribution in [-0.2, 0) is 11.8 Å². The van der Waals surface area contributed by atoms with Crippen molar-refractivity contribution in [2.45, 2.75) is 0 Å². The summed E-state index contributed by atoms with van der Waals surface area (Å²) in [6, 6.07) is 0. The fourth-order valence-corrected chi connectivity index (χ4v) is 0. The minimum atomic E-state index is -4.31. The van der Waals surface area contributed by atoms with Gasteiger partial charge in [0.25, 0.3) is 0 Å². The van der Waals surface area contributed by atoms with Gasteiger partial charge in [0, 0.05) is 0 Å². The Morgan fingerprint density at radius 3 is 1.60 bits per heavy atom. The van der Waals surface area contributed by atoms with Crippen LogP contribution in [0.1, 0.15) is 0 Å². The third-order valence-electron chi connectivity index (χ3n) is 0. The zero-order chi connectivity index (χ0) is 4.50. The Morgan fingerprint density at radius 1 is 1.60 bits per heavy atom. The van der Waals surface area contributed by atoms with Crippen LogP contribution < -0.4 is 9.79 Å². The molecule has 0 spiro atoms. The molecule has 0 fully saturated rings. The lowest BCUT2D eigenvalue weighted by Gasteiger charge is -2.25. The first-order valence-electron chi connectivity index (χ1n) is 0.748. The van der Waals surface area contributed by atoms with Crippen LogP contribution in [0, 0.1) is 0 Å². The molecular formula is HO3PS-2. The molecule has 0 aromatic rings. The Labute approximate surface area is 34.1 Å². The molecule has 32 valence electrons. The summed E-state index contributed by atoms with van der Waals surface area (Å²) in [4.78, 5) is 25.4. The first kappa shape index (κ1) is 5.53. The van der Waals surface area contributed by atoms with E-state index >= 15 is 0 Å². The monoisotopic (exact) mass is 112 g/mol. The van der Waals surface area contributed by atoms with E-state index in [9.17, 15) is 0 Å². The van der Waals surface area contributed by atoms with Gasteiger partial charge in [0.1, 0.15) is 0 Å². The second-order valence-corrected chi connectivity index (χ2v) is 2.79. The summed E-state index contributed by atoms with van der Waals surface area (Å²) in [5, 5.41) is 0. The standard InChI is InChI=1S/H3O3PS/c1-4(2,3)5/h(H3,1,2,3,5)/p-2. The lowest BCUT2D eigenvalue weighted by Crippen LogP contribution is -2.10. The molecule has 0 aliphatic rings. The SMILES string of the molecule is [O-]P([O-])(O)=S. The third-order valence-corrected chi connectivity index (χ3v) is 0. The molecule has 0 saturated heterocycles. The van der Waals surface area contributed by atoms with Crippen molar-refractivity contribution in [1.29, 1.82) is 0 Å². The molecule has 5 heteroatoms. The summed E-state index contributed by atoms with van der Waals surface area (Å²) >= 11 is 3.38. The van der Waals surface area contributed by atoms with E-state index in [0.717, 1.165) is 0 Å². The zero-order valence-corrected chi connectivity index (χ0v) is 3.83. The van der Waals surface area contributed by atoms with Gasteiger partial charge >= 0.3 is 0 Å². The minimum Gasteiger partial charge on any atom is -0.812 e. The van der Waals surface area contributed by atoms with Crippen LogP contribution in [0.3, 0.4) is 0 Å². The summed E-state index contributed by atoms with van der Waals surface area (Å²) < 4.78 is 0. The fourth-order valence-electron chi connectivity index (χ4n) is 0. The lowest BCUT2D eigenvalue weighted by molar-refractivity contribution is -0.316. The van der Waals surface area contributed by atoms with Crippen LogP contribution >= 0.6 is 6.72 Å². The van der Waals surface area contributed by atoms with Gasteiger partial charge < -0.3 is 14.7 Å². The maximum absolute atomic E-state index is 9.03. The van der Waals surface area contributed by atoms with Crippen molar-refractivity contribution >= 4 is 18.5 Å². The minimum absolute atomic E-state index is 3.38. The van der Waals surface area contributed by atoms with Gasteiger partial charge in [-0.15, -0.1) is 11.8 Å². The fraction of sp³-hybridized carbons (Fsp3) is 0. The summed E-state index contributed by atoms with van der Waals surface area (Å²) in [7, 11) is 0.